The highest BCUT2D eigenvalue weighted by Gasteiger charge is 2.20. The SMILES string of the molecule is CCC(C)CS(=O)(=O)N[C@H](C)C(=O)O. The van der Waals surface area contributed by atoms with Gasteiger partial charge in [0.25, 0.3) is 0 Å². The van der Waals surface area contributed by atoms with Gasteiger partial charge in [0, 0.05) is 0 Å². The first-order chi connectivity index (χ1) is 6.28. The van der Waals surface area contributed by atoms with Crippen LogP contribution in [0, 0.1) is 5.92 Å². The van der Waals surface area contributed by atoms with Gasteiger partial charge in [-0.1, -0.05) is 20.3 Å². The molecule has 0 heterocycles. The summed E-state index contributed by atoms with van der Waals surface area (Å²) < 4.78 is 24.8. The fraction of sp³-hybridized carbons (Fsp3) is 0.875. The van der Waals surface area contributed by atoms with Gasteiger partial charge in [-0.2, -0.15) is 0 Å². The lowest BCUT2D eigenvalue weighted by Gasteiger charge is -2.12. The van der Waals surface area contributed by atoms with Crippen molar-refractivity contribution >= 4 is 16.0 Å². The molecule has 0 aliphatic carbocycles. The number of hydrogen-bond donors (Lipinski definition) is 2. The Bertz CT molecular complexity index is 286. The van der Waals surface area contributed by atoms with E-state index in [9.17, 15) is 13.2 Å². The second kappa shape index (κ2) is 5.31. The van der Waals surface area contributed by atoms with E-state index in [1.807, 2.05) is 13.8 Å². The fourth-order valence-corrected chi connectivity index (χ4v) is 2.58. The first-order valence-corrected chi connectivity index (χ1v) is 6.16. The van der Waals surface area contributed by atoms with Crippen molar-refractivity contribution in [3.63, 3.8) is 0 Å². The average molecular weight is 223 g/mol. The van der Waals surface area contributed by atoms with Gasteiger partial charge >= 0.3 is 5.97 Å². The molecule has 0 aromatic carbocycles. The van der Waals surface area contributed by atoms with Crippen molar-refractivity contribution in [2.24, 2.45) is 5.92 Å². The van der Waals surface area contributed by atoms with Crippen LogP contribution in [-0.2, 0) is 14.8 Å². The molecule has 0 fully saturated rings. The zero-order valence-electron chi connectivity index (χ0n) is 8.65. The number of carboxylic acids is 1. The summed E-state index contributed by atoms with van der Waals surface area (Å²) in [6, 6.07) is -1.07. The lowest BCUT2D eigenvalue weighted by atomic mass is 10.2. The monoisotopic (exact) mass is 223 g/mol. The van der Waals surface area contributed by atoms with E-state index in [1.54, 1.807) is 0 Å². The van der Waals surface area contributed by atoms with Crippen LogP contribution in [0.5, 0.6) is 0 Å². The quantitative estimate of drug-likeness (QED) is 0.683. The summed E-state index contributed by atoms with van der Waals surface area (Å²) in [5, 5.41) is 8.51. The molecule has 6 heteroatoms. The maximum Gasteiger partial charge on any atom is 0.321 e. The number of carboxylic acid groups (broad SMARTS) is 1. The summed E-state index contributed by atoms with van der Waals surface area (Å²) >= 11 is 0. The second-order valence-electron chi connectivity index (χ2n) is 3.47. The highest BCUT2D eigenvalue weighted by Crippen LogP contribution is 2.04. The van der Waals surface area contributed by atoms with Crippen LogP contribution in [0.25, 0.3) is 0 Å². The van der Waals surface area contributed by atoms with Gasteiger partial charge in [-0.15, -0.1) is 0 Å². The predicted molar refractivity (Wildman–Crippen MR) is 53.5 cm³/mol. The number of nitrogens with one attached hydrogen (secondary N) is 1. The van der Waals surface area contributed by atoms with Gasteiger partial charge in [0.1, 0.15) is 6.04 Å². The number of aliphatic carboxylic acids is 1. The minimum atomic E-state index is -3.47. The summed E-state index contributed by atoms with van der Waals surface area (Å²) in [4.78, 5) is 10.4. The number of sulfonamides is 1. The predicted octanol–water partition coefficient (Wildman–Crippen LogP) is 0.425. The molecule has 0 aromatic rings. The van der Waals surface area contributed by atoms with Crippen LogP contribution in [-0.4, -0.2) is 31.3 Å². The number of hydrogen-bond acceptors (Lipinski definition) is 3. The topological polar surface area (TPSA) is 83.5 Å². The molecule has 0 bridgehead atoms. The van der Waals surface area contributed by atoms with Gasteiger partial charge in [0.15, 0.2) is 0 Å². The molecule has 2 atom stereocenters. The van der Waals surface area contributed by atoms with Gasteiger partial charge in [0.05, 0.1) is 5.75 Å². The van der Waals surface area contributed by atoms with Crippen molar-refractivity contribution in [1.82, 2.24) is 4.72 Å². The molecule has 0 aromatic heterocycles. The third-order valence-electron chi connectivity index (χ3n) is 1.93. The highest BCUT2D eigenvalue weighted by molar-refractivity contribution is 7.89. The van der Waals surface area contributed by atoms with E-state index in [0.717, 1.165) is 6.42 Å². The zero-order valence-corrected chi connectivity index (χ0v) is 9.47. The first kappa shape index (κ1) is 13.4. The Balaban J connectivity index is 4.28. The molecule has 2 N–H and O–H groups in total. The molecule has 5 nitrogen and oxygen atoms in total. The molecule has 0 saturated heterocycles. The highest BCUT2D eigenvalue weighted by atomic mass is 32.2. The van der Waals surface area contributed by atoms with Crippen LogP contribution in [0.15, 0.2) is 0 Å². The maximum atomic E-state index is 11.3. The standard InChI is InChI=1S/C8H17NO4S/c1-4-6(2)5-14(12,13)9-7(3)8(10)11/h6-7,9H,4-5H2,1-3H3,(H,10,11)/t6?,7-/m1/s1. The summed E-state index contributed by atoms with van der Waals surface area (Å²) in [6.07, 6.45) is 0.752. The summed E-state index contributed by atoms with van der Waals surface area (Å²) in [5.74, 6) is -1.16. The largest absolute Gasteiger partial charge is 0.480 e. The third kappa shape index (κ3) is 5.18. The van der Waals surface area contributed by atoms with E-state index in [-0.39, 0.29) is 11.7 Å². The Labute approximate surface area is 84.6 Å². The van der Waals surface area contributed by atoms with Gasteiger partial charge in [-0.25, -0.2) is 13.1 Å². The van der Waals surface area contributed by atoms with Crippen molar-refractivity contribution in [3.05, 3.63) is 0 Å². The molecule has 84 valence electrons. The number of rotatable bonds is 6. The van der Waals surface area contributed by atoms with E-state index in [2.05, 4.69) is 4.72 Å². The Morgan fingerprint density at radius 2 is 1.93 bits per heavy atom. The van der Waals surface area contributed by atoms with Crippen LogP contribution in [0.3, 0.4) is 0 Å². The summed E-state index contributed by atoms with van der Waals surface area (Å²) in [5.41, 5.74) is 0. The van der Waals surface area contributed by atoms with Crippen LogP contribution in [0.1, 0.15) is 27.2 Å². The van der Waals surface area contributed by atoms with Crippen LogP contribution in [0.4, 0.5) is 0 Å². The third-order valence-corrected chi connectivity index (χ3v) is 3.65. The van der Waals surface area contributed by atoms with Gasteiger partial charge in [-0.3, -0.25) is 4.79 Å². The molecule has 0 aliphatic heterocycles. The van der Waals surface area contributed by atoms with Crippen LogP contribution >= 0.6 is 0 Å². The van der Waals surface area contributed by atoms with E-state index >= 15 is 0 Å². The molecule has 0 aliphatic rings. The van der Waals surface area contributed by atoms with Crippen molar-refractivity contribution in [1.29, 1.82) is 0 Å². The molecular weight excluding hydrogens is 206 g/mol. The van der Waals surface area contributed by atoms with Gasteiger partial charge < -0.3 is 5.11 Å². The lowest BCUT2D eigenvalue weighted by Crippen LogP contribution is -2.40. The Hall–Kier alpha value is -0.620. The molecule has 14 heavy (non-hydrogen) atoms. The second-order valence-corrected chi connectivity index (χ2v) is 5.27. The molecule has 0 radical (unpaired) electrons. The van der Waals surface area contributed by atoms with Crippen molar-refractivity contribution in [2.45, 2.75) is 33.2 Å². The van der Waals surface area contributed by atoms with E-state index in [0.29, 0.717) is 0 Å². The molecule has 1 unspecified atom stereocenters. The minimum absolute atomic E-state index is 0.0267. The van der Waals surface area contributed by atoms with Gasteiger partial charge in [0.2, 0.25) is 10.0 Å². The minimum Gasteiger partial charge on any atom is -0.480 e. The normalized spacial score (nSPS) is 16.2. The fourth-order valence-electron chi connectivity index (χ4n) is 0.860. The number of carbonyl (C=O) groups is 1. The van der Waals surface area contributed by atoms with E-state index < -0.39 is 22.0 Å². The van der Waals surface area contributed by atoms with Crippen LogP contribution < -0.4 is 4.72 Å². The van der Waals surface area contributed by atoms with Gasteiger partial charge in [-0.05, 0) is 12.8 Å². The molecule has 0 saturated carbocycles. The Kier molecular flexibility index (Phi) is 5.07. The summed E-state index contributed by atoms with van der Waals surface area (Å²) in [6.45, 7) is 5.00. The average Bonchev–Trinajstić information content (AvgIpc) is 2.02. The molecule has 0 amide bonds. The van der Waals surface area contributed by atoms with Crippen molar-refractivity contribution < 1.29 is 18.3 Å². The summed E-state index contributed by atoms with van der Waals surface area (Å²) in [7, 11) is -3.47. The Morgan fingerprint density at radius 1 is 1.43 bits per heavy atom. The Morgan fingerprint density at radius 3 is 2.29 bits per heavy atom. The van der Waals surface area contributed by atoms with Crippen molar-refractivity contribution in [2.75, 3.05) is 5.75 Å². The lowest BCUT2D eigenvalue weighted by molar-refractivity contribution is -0.138. The molecular formula is C8H17NO4S. The first-order valence-electron chi connectivity index (χ1n) is 4.51. The maximum absolute atomic E-state index is 11.3. The van der Waals surface area contributed by atoms with E-state index in [4.69, 9.17) is 5.11 Å². The molecule has 0 rings (SSSR count). The van der Waals surface area contributed by atoms with E-state index in [1.165, 1.54) is 6.92 Å². The van der Waals surface area contributed by atoms with Crippen LogP contribution in [0.2, 0.25) is 0 Å². The van der Waals surface area contributed by atoms with Crippen molar-refractivity contribution in [3.8, 4) is 0 Å². The smallest absolute Gasteiger partial charge is 0.321 e. The molecule has 0 spiro atoms. The zero-order chi connectivity index (χ0) is 11.4.